The quantitative estimate of drug-likeness (QED) is 0.0875. The fourth-order valence-corrected chi connectivity index (χ4v) is 11.5. The second kappa shape index (κ2) is 20.6. The molecule has 5 atom stereocenters. The first-order valence-electron chi connectivity index (χ1n) is 25.8. The molecule has 0 radical (unpaired) electrons. The second-order valence-corrected chi connectivity index (χ2v) is 20.7. The molecule has 15 nitrogen and oxygen atoms in total. The fraction of sp³-hybridized carbons (Fsp3) is 0.414. The van der Waals surface area contributed by atoms with E-state index in [2.05, 4.69) is 93.4 Å². The number of aromatic nitrogens is 4. The van der Waals surface area contributed by atoms with E-state index in [-0.39, 0.29) is 35.7 Å². The van der Waals surface area contributed by atoms with Crippen LogP contribution in [0.2, 0.25) is 0 Å². The number of hydrogen-bond acceptors (Lipinski definition) is 9. The predicted molar refractivity (Wildman–Crippen MR) is 279 cm³/mol. The Morgan fingerprint density at radius 1 is 0.589 bits per heavy atom. The highest BCUT2D eigenvalue weighted by atomic mass is 16.5. The highest BCUT2D eigenvalue weighted by Crippen LogP contribution is 2.46. The minimum absolute atomic E-state index is 0.108. The number of alkyl carbamates (subject to hydrolysis) is 2. The first-order chi connectivity index (χ1) is 35.3. The van der Waals surface area contributed by atoms with Crippen molar-refractivity contribution in [2.75, 3.05) is 34.4 Å². The average molecular weight is 987 g/mol. The second-order valence-electron chi connectivity index (χ2n) is 20.7. The van der Waals surface area contributed by atoms with Gasteiger partial charge in [0.2, 0.25) is 11.8 Å². The van der Waals surface area contributed by atoms with Crippen LogP contribution in [0.1, 0.15) is 111 Å². The molecule has 4 N–H and O–H groups in total. The summed E-state index contributed by atoms with van der Waals surface area (Å²) in [5.41, 5.74) is 15.2. The molecule has 73 heavy (non-hydrogen) atoms. The van der Waals surface area contributed by atoms with Crippen molar-refractivity contribution >= 4 is 24.0 Å². The number of nitrogens with one attached hydrogen (secondary N) is 4. The Hall–Kier alpha value is -7.42. The number of fused-ring (bicyclic) bond motifs is 3. The number of aryl methyl sites for hydroxylation is 2. The van der Waals surface area contributed by atoms with Crippen molar-refractivity contribution in [2.24, 2.45) is 11.8 Å². The van der Waals surface area contributed by atoms with E-state index in [1.165, 1.54) is 58.7 Å². The SMILES string of the molecule is COC(=O)N[C@H](C(=O)N1CCC[C@H]1c1ncc(-c2ccc(-c3cc4c5cc3CCc3cc(-c6ccc(-c7cnc([C@@H]8CCCN8C(=O)[C@@H](NC(=O)OC)C(C)C)[nH]7)cc6)c(cc3OC)CC5C4)cc2)[nH]1)C(C)C. The molecule has 11 rings (SSSR count). The maximum Gasteiger partial charge on any atom is 0.407 e. The van der Waals surface area contributed by atoms with Crippen LogP contribution in [0.25, 0.3) is 44.8 Å². The molecule has 2 aliphatic heterocycles. The van der Waals surface area contributed by atoms with Crippen LogP contribution in [0.4, 0.5) is 9.59 Å². The summed E-state index contributed by atoms with van der Waals surface area (Å²) in [4.78, 5) is 71.9. The Balaban J connectivity index is 0.852. The van der Waals surface area contributed by atoms with Crippen LogP contribution in [-0.2, 0) is 44.7 Å². The number of ether oxygens (including phenoxy) is 3. The first kappa shape index (κ1) is 49.2. The Bertz CT molecular complexity index is 3030. The lowest BCUT2D eigenvalue weighted by Crippen LogP contribution is -2.51. The van der Waals surface area contributed by atoms with E-state index in [1.807, 2.05) is 49.9 Å². The summed E-state index contributed by atoms with van der Waals surface area (Å²) in [6.45, 7) is 8.86. The third-order valence-corrected chi connectivity index (χ3v) is 15.6. The van der Waals surface area contributed by atoms with Gasteiger partial charge in [-0.1, -0.05) is 88.4 Å². The summed E-state index contributed by atoms with van der Waals surface area (Å²) < 4.78 is 15.7. The maximum absolute atomic E-state index is 13.7. The number of carbonyl (C=O) groups excluding carboxylic acids is 4. The molecule has 15 heteroatoms. The molecule has 6 aromatic rings. The summed E-state index contributed by atoms with van der Waals surface area (Å²) in [5.74, 6) is 2.32. The van der Waals surface area contributed by atoms with Gasteiger partial charge in [-0.25, -0.2) is 19.6 Å². The van der Waals surface area contributed by atoms with E-state index < -0.39 is 24.3 Å². The Kier molecular flexibility index (Phi) is 13.9. The van der Waals surface area contributed by atoms with E-state index in [0.29, 0.717) is 19.0 Å². The number of hydrogen-bond donors (Lipinski definition) is 4. The van der Waals surface area contributed by atoms with E-state index in [9.17, 15) is 19.2 Å². The number of H-pyrrole nitrogens is 2. The molecular weight excluding hydrogens is 921 g/mol. The van der Waals surface area contributed by atoms with Crippen molar-refractivity contribution in [3.63, 3.8) is 0 Å². The maximum atomic E-state index is 13.7. The number of methoxy groups -OCH3 is 3. The van der Waals surface area contributed by atoms with Crippen molar-refractivity contribution in [2.45, 2.75) is 109 Å². The third-order valence-electron chi connectivity index (χ3n) is 15.6. The molecule has 3 aliphatic carbocycles. The molecule has 2 aromatic heterocycles. The monoisotopic (exact) mass is 987 g/mol. The van der Waals surface area contributed by atoms with Crippen molar-refractivity contribution in [3.8, 4) is 50.5 Å². The third kappa shape index (κ3) is 9.69. The number of imidazole rings is 2. The highest BCUT2D eigenvalue weighted by molar-refractivity contribution is 5.87. The predicted octanol–water partition coefficient (Wildman–Crippen LogP) is 9.88. The largest absolute Gasteiger partial charge is 0.496 e. The molecule has 0 spiro atoms. The Morgan fingerprint density at radius 3 is 1.52 bits per heavy atom. The molecule has 2 saturated heterocycles. The van der Waals surface area contributed by atoms with Crippen LogP contribution < -0.4 is 15.4 Å². The molecule has 0 saturated carbocycles. The van der Waals surface area contributed by atoms with Crippen LogP contribution >= 0.6 is 0 Å². The van der Waals surface area contributed by atoms with Gasteiger partial charge in [-0.2, -0.15) is 0 Å². The lowest BCUT2D eigenvalue weighted by Gasteiger charge is -2.32. The molecule has 4 aromatic carbocycles. The lowest BCUT2D eigenvalue weighted by atomic mass is 9.72. The minimum Gasteiger partial charge on any atom is -0.496 e. The van der Waals surface area contributed by atoms with Crippen molar-refractivity contribution in [3.05, 3.63) is 125 Å². The zero-order chi connectivity index (χ0) is 51.1. The molecule has 5 aliphatic rings. The summed E-state index contributed by atoms with van der Waals surface area (Å²) in [6, 6.07) is 25.0. The van der Waals surface area contributed by atoms with Gasteiger partial charge in [0.25, 0.3) is 0 Å². The molecule has 4 bridgehead atoms. The van der Waals surface area contributed by atoms with Crippen molar-refractivity contribution < 1.29 is 33.4 Å². The van der Waals surface area contributed by atoms with Gasteiger partial charge in [0.15, 0.2) is 0 Å². The van der Waals surface area contributed by atoms with E-state index >= 15 is 0 Å². The summed E-state index contributed by atoms with van der Waals surface area (Å²) >= 11 is 0. The number of rotatable bonds is 13. The molecule has 380 valence electrons. The Morgan fingerprint density at radius 2 is 1.04 bits per heavy atom. The van der Waals surface area contributed by atoms with Crippen LogP contribution in [0, 0.1) is 11.8 Å². The van der Waals surface area contributed by atoms with Crippen LogP contribution in [-0.4, -0.2) is 100 Å². The van der Waals surface area contributed by atoms with Crippen molar-refractivity contribution in [1.82, 2.24) is 40.4 Å². The summed E-state index contributed by atoms with van der Waals surface area (Å²) in [6.07, 6.45) is 9.30. The minimum atomic E-state index is -0.693. The number of amides is 4. The first-order valence-corrected chi connectivity index (χ1v) is 25.8. The number of nitrogens with zero attached hydrogens (tertiary/aromatic N) is 4. The van der Waals surface area contributed by atoms with Gasteiger partial charge in [-0.15, -0.1) is 0 Å². The van der Waals surface area contributed by atoms with E-state index in [1.54, 1.807) is 7.11 Å². The standard InChI is InChI=1S/C58H66N8O7/c1-32(2)51(63-57(69)72-6)55(67)65-22-8-10-48(65)53-59-30-46(61-53)36-16-12-34(13-17-36)43-28-41-24-40-25-42-29-50(71-5)39(21-20-38(43)26-45(40)41)27-44(42)35-14-18-37(19-15-35)47-31-60-54(62-47)49-11-9-23-66(49)56(68)52(33(3)4)64-58(70)73-7/h12-19,26-33,40,48-49,51-52H,8-11,20-25H2,1-7H3,(H,59,61)(H,60,62)(H,63,69)(H,64,70)/t40?,48-,49-,51-,52-/m0/s1. The smallest absolute Gasteiger partial charge is 0.407 e. The van der Waals surface area contributed by atoms with Gasteiger partial charge >= 0.3 is 12.2 Å². The zero-order valence-corrected chi connectivity index (χ0v) is 42.8. The number of likely N-dealkylation sites (tertiary alicyclic amines) is 2. The van der Waals surface area contributed by atoms with E-state index in [0.717, 1.165) is 96.8 Å². The van der Waals surface area contributed by atoms with Crippen LogP contribution in [0.3, 0.4) is 0 Å². The Labute approximate surface area is 426 Å². The molecular formula is C58H66N8O7. The van der Waals surface area contributed by atoms with Gasteiger partial charge in [0.1, 0.15) is 29.5 Å². The molecule has 1 unspecified atom stereocenters. The van der Waals surface area contributed by atoms with Gasteiger partial charge < -0.3 is 44.6 Å². The van der Waals surface area contributed by atoms with Gasteiger partial charge in [-0.05, 0) is 142 Å². The van der Waals surface area contributed by atoms with Crippen molar-refractivity contribution in [1.29, 1.82) is 0 Å². The number of carbonyl (C=O) groups is 4. The zero-order valence-electron chi connectivity index (χ0n) is 42.8. The summed E-state index contributed by atoms with van der Waals surface area (Å²) in [7, 11) is 4.37. The highest BCUT2D eigenvalue weighted by Gasteiger charge is 2.39. The van der Waals surface area contributed by atoms with Crippen LogP contribution in [0.5, 0.6) is 5.75 Å². The van der Waals surface area contributed by atoms with Gasteiger partial charge in [-0.3, -0.25) is 9.59 Å². The average Bonchev–Trinajstić information content (AvgIpc) is 4.25. The van der Waals surface area contributed by atoms with Crippen LogP contribution in [0.15, 0.2) is 85.2 Å². The lowest BCUT2D eigenvalue weighted by molar-refractivity contribution is -0.136. The van der Waals surface area contributed by atoms with Gasteiger partial charge in [0, 0.05) is 13.1 Å². The molecule has 2 fully saturated rings. The molecule has 4 heterocycles. The van der Waals surface area contributed by atoms with E-state index in [4.69, 9.17) is 24.2 Å². The summed E-state index contributed by atoms with van der Waals surface area (Å²) in [5, 5.41) is 5.46. The topological polar surface area (TPSA) is 184 Å². The number of aromatic amines is 2. The fourth-order valence-electron chi connectivity index (χ4n) is 11.5. The normalized spacial score (nSPS) is 18.8. The van der Waals surface area contributed by atoms with Gasteiger partial charge in [0.05, 0.1) is 57.2 Å². The molecule has 4 amide bonds. The number of benzene rings is 4.